The molecule has 0 aliphatic heterocycles. The van der Waals surface area contributed by atoms with Crippen LogP contribution in [0.15, 0.2) is 0 Å². The first-order valence-corrected chi connectivity index (χ1v) is 5.05. The molecule has 0 radical (unpaired) electrons. The van der Waals surface area contributed by atoms with Gasteiger partial charge in [0.1, 0.15) is 6.54 Å². The maximum Gasteiger partial charge on any atom is 0.323 e. The van der Waals surface area contributed by atoms with Crippen molar-refractivity contribution in [3.8, 4) is 12.3 Å². The van der Waals surface area contributed by atoms with Crippen molar-refractivity contribution in [2.75, 3.05) is 26.7 Å². The molecule has 0 spiro atoms. The first-order chi connectivity index (χ1) is 7.76. The van der Waals surface area contributed by atoms with Crippen LogP contribution in [0.25, 0.3) is 0 Å². The monoisotopic (exact) mass is 242 g/mol. The van der Waals surface area contributed by atoms with Gasteiger partial charge in [-0.3, -0.25) is 4.79 Å². The Bertz CT molecular complexity index is 333. The molecule has 2 amide bonds. The Labute approximate surface area is 101 Å². The number of hydrogen-bond acceptors (Lipinski definition) is 3. The molecule has 0 fully saturated rings. The van der Waals surface area contributed by atoms with E-state index in [1.807, 2.05) is 0 Å². The van der Waals surface area contributed by atoms with E-state index in [1.54, 1.807) is 13.8 Å². The molecule has 6 heteroatoms. The summed E-state index contributed by atoms with van der Waals surface area (Å²) in [4.78, 5) is 24.9. The predicted octanol–water partition coefficient (Wildman–Crippen LogP) is -0.171. The van der Waals surface area contributed by atoms with Gasteiger partial charge in [0.15, 0.2) is 0 Å². The van der Waals surface area contributed by atoms with Crippen molar-refractivity contribution < 1.29 is 19.8 Å². The summed E-state index contributed by atoms with van der Waals surface area (Å²) in [5.41, 5.74) is -0.775. The number of carboxylic acid groups (broad SMARTS) is 1. The Morgan fingerprint density at radius 2 is 1.94 bits per heavy atom. The maximum absolute atomic E-state index is 12.0. The van der Waals surface area contributed by atoms with E-state index in [1.165, 1.54) is 11.9 Å². The van der Waals surface area contributed by atoms with Crippen LogP contribution in [0, 0.1) is 12.3 Å². The average molecular weight is 242 g/mol. The van der Waals surface area contributed by atoms with Gasteiger partial charge in [-0.2, -0.15) is 0 Å². The molecule has 0 heterocycles. The highest BCUT2D eigenvalue weighted by atomic mass is 16.4. The van der Waals surface area contributed by atoms with Gasteiger partial charge in [0.25, 0.3) is 0 Å². The third-order valence-corrected chi connectivity index (χ3v) is 2.46. The van der Waals surface area contributed by atoms with Crippen molar-refractivity contribution in [3.63, 3.8) is 0 Å². The second-order valence-corrected chi connectivity index (χ2v) is 4.27. The standard InChI is InChI=1S/C11H18N2O4/c1-5-6-13(7-9(15)16)10(17)12(4)11(2,3)8-14/h1,14H,6-8H2,2-4H3,(H,15,16). The van der Waals surface area contributed by atoms with Crippen molar-refractivity contribution in [3.05, 3.63) is 0 Å². The molecule has 6 nitrogen and oxygen atoms in total. The van der Waals surface area contributed by atoms with E-state index in [-0.39, 0.29) is 13.2 Å². The topological polar surface area (TPSA) is 81.1 Å². The zero-order valence-electron chi connectivity index (χ0n) is 10.3. The molecule has 0 aromatic carbocycles. The van der Waals surface area contributed by atoms with Gasteiger partial charge in [-0.15, -0.1) is 6.42 Å². The Morgan fingerprint density at radius 1 is 1.41 bits per heavy atom. The minimum atomic E-state index is -1.14. The summed E-state index contributed by atoms with van der Waals surface area (Å²) < 4.78 is 0. The summed E-state index contributed by atoms with van der Waals surface area (Å²) in [5, 5.41) is 17.8. The van der Waals surface area contributed by atoms with E-state index < -0.39 is 24.1 Å². The number of terminal acetylenes is 1. The molecule has 0 aliphatic carbocycles. The van der Waals surface area contributed by atoms with Crippen LogP contribution in [0.5, 0.6) is 0 Å². The van der Waals surface area contributed by atoms with E-state index in [0.717, 1.165) is 4.90 Å². The molecule has 0 rings (SSSR count). The fraction of sp³-hybridized carbons (Fsp3) is 0.636. The van der Waals surface area contributed by atoms with Crippen LogP contribution in [-0.4, -0.2) is 64.3 Å². The average Bonchev–Trinajstić information content (AvgIpc) is 2.26. The van der Waals surface area contributed by atoms with Crippen LogP contribution >= 0.6 is 0 Å². The van der Waals surface area contributed by atoms with Gasteiger partial charge < -0.3 is 20.0 Å². The number of carbonyl (C=O) groups is 2. The summed E-state index contributed by atoms with van der Waals surface area (Å²) in [7, 11) is 1.49. The number of urea groups is 1. The summed E-state index contributed by atoms with van der Waals surface area (Å²) in [6.07, 6.45) is 5.08. The number of aliphatic hydroxyl groups excluding tert-OH is 1. The van der Waals surface area contributed by atoms with Crippen molar-refractivity contribution in [2.24, 2.45) is 0 Å². The summed E-state index contributed by atoms with van der Waals surface area (Å²) in [6.45, 7) is 2.55. The number of likely N-dealkylation sites (N-methyl/N-ethyl adjacent to an activating group) is 1. The zero-order chi connectivity index (χ0) is 13.6. The molecule has 0 bridgehead atoms. The SMILES string of the molecule is C#CCN(CC(=O)O)C(=O)N(C)C(C)(C)CO. The second-order valence-electron chi connectivity index (χ2n) is 4.27. The second kappa shape index (κ2) is 6.11. The highest BCUT2D eigenvalue weighted by Gasteiger charge is 2.30. The molecule has 0 atom stereocenters. The molecule has 0 aromatic heterocycles. The van der Waals surface area contributed by atoms with Crippen LogP contribution in [0.4, 0.5) is 4.79 Å². The molecule has 0 saturated carbocycles. The largest absolute Gasteiger partial charge is 0.480 e. The molecular weight excluding hydrogens is 224 g/mol. The van der Waals surface area contributed by atoms with E-state index >= 15 is 0 Å². The number of aliphatic carboxylic acids is 1. The number of amides is 2. The lowest BCUT2D eigenvalue weighted by atomic mass is 10.1. The van der Waals surface area contributed by atoms with Gasteiger partial charge in [-0.05, 0) is 13.8 Å². The molecule has 96 valence electrons. The van der Waals surface area contributed by atoms with Crippen LogP contribution in [-0.2, 0) is 4.79 Å². The van der Waals surface area contributed by atoms with Crippen LogP contribution in [0.2, 0.25) is 0 Å². The fourth-order valence-corrected chi connectivity index (χ4v) is 1.04. The quantitative estimate of drug-likeness (QED) is 0.656. The molecular formula is C11H18N2O4. The van der Waals surface area contributed by atoms with Crippen LogP contribution in [0.1, 0.15) is 13.8 Å². The molecule has 0 saturated heterocycles. The first-order valence-electron chi connectivity index (χ1n) is 5.05. The normalized spacial score (nSPS) is 10.5. The third-order valence-electron chi connectivity index (χ3n) is 2.46. The molecule has 17 heavy (non-hydrogen) atoms. The van der Waals surface area contributed by atoms with Crippen molar-refractivity contribution in [1.82, 2.24) is 9.80 Å². The fourth-order valence-electron chi connectivity index (χ4n) is 1.04. The van der Waals surface area contributed by atoms with E-state index in [0.29, 0.717) is 0 Å². The van der Waals surface area contributed by atoms with Crippen molar-refractivity contribution >= 4 is 12.0 Å². The lowest BCUT2D eigenvalue weighted by Crippen LogP contribution is -2.53. The Kier molecular flexibility index (Phi) is 5.48. The van der Waals surface area contributed by atoms with Crippen molar-refractivity contribution in [1.29, 1.82) is 0 Å². The lowest BCUT2D eigenvalue weighted by Gasteiger charge is -2.36. The van der Waals surface area contributed by atoms with Gasteiger partial charge in [0.05, 0.1) is 18.7 Å². The number of carbonyl (C=O) groups excluding carboxylic acids is 1. The number of hydrogen-bond donors (Lipinski definition) is 2. The van der Waals surface area contributed by atoms with Gasteiger partial charge in [-0.25, -0.2) is 4.79 Å². The highest BCUT2D eigenvalue weighted by Crippen LogP contribution is 2.13. The molecule has 2 N–H and O–H groups in total. The minimum Gasteiger partial charge on any atom is -0.480 e. The first kappa shape index (κ1) is 15.3. The number of rotatable bonds is 5. The summed E-state index contributed by atoms with van der Waals surface area (Å²) in [5.74, 6) is 1.10. The molecule has 0 unspecified atom stereocenters. The van der Waals surface area contributed by atoms with Gasteiger partial charge in [0, 0.05) is 7.05 Å². The minimum absolute atomic E-state index is 0.0863. The van der Waals surface area contributed by atoms with Gasteiger partial charge in [-0.1, -0.05) is 5.92 Å². The van der Waals surface area contributed by atoms with E-state index in [4.69, 9.17) is 16.6 Å². The Hall–Kier alpha value is -1.74. The Balaban J connectivity index is 4.84. The third kappa shape index (κ3) is 4.33. The Morgan fingerprint density at radius 3 is 2.29 bits per heavy atom. The predicted molar refractivity (Wildman–Crippen MR) is 62.4 cm³/mol. The lowest BCUT2D eigenvalue weighted by molar-refractivity contribution is -0.137. The summed E-state index contributed by atoms with van der Waals surface area (Å²) in [6, 6.07) is -0.524. The maximum atomic E-state index is 12.0. The zero-order valence-corrected chi connectivity index (χ0v) is 10.3. The van der Waals surface area contributed by atoms with E-state index in [9.17, 15) is 9.59 Å². The molecule has 0 aliphatic rings. The van der Waals surface area contributed by atoms with Crippen LogP contribution < -0.4 is 0 Å². The van der Waals surface area contributed by atoms with Gasteiger partial charge in [0.2, 0.25) is 0 Å². The van der Waals surface area contributed by atoms with Crippen LogP contribution in [0.3, 0.4) is 0 Å². The van der Waals surface area contributed by atoms with Gasteiger partial charge >= 0.3 is 12.0 Å². The summed E-state index contributed by atoms with van der Waals surface area (Å²) >= 11 is 0. The number of nitrogens with zero attached hydrogens (tertiary/aromatic N) is 2. The number of aliphatic hydroxyl groups is 1. The smallest absolute Gasteiger partial charge is 0.323 e. The van der Waals surface area contributed by atoms with E-state index in [2.05, 4.69) is 5.92 Å². The van der Waals surface area contributed by atoms with Crippen molar-refractivity contribution in [2.45, 2.75) is 19.4 Å². The number of carboxylic acids is 1. The molecule has 0 aromatic rings. The highest BCUT2D eigenvalue weighted by molar-refractivity contribution is 5.80.